The highest BCUT2D eigenvalue weighted by Crippen LogP contribution is 2.55. The third-order valence-electron chi connectivity index (χ3n) is 4.77. The first-order valence-corrected chi connectivity index (χ1v) is 7.00. The molecule has 1 aliphatic carbocycles. The molecule has 0 aromatic heterocycles. The SMILES string of the molecule is C[C@H]1CC(C(C)(O)C(F)(F)F)CC(C(O)(C(F)(F)F)C(F)(F)F)C1. The zero-order valence-electron chi connectivity index (χ0n) is 12.6. The fourth-order valence-electron chi connectivity index (χ4n) is 3.26. The van der Waals surface area contributed by atoms with Crippen molar-refractivity contribution in [1.82, 2.24) is 0 Å². The first-order valence-electron chi connectivity index (χ1n) is 7.00. The standard InChI is InChI=1S/C13H17F9O2/c1-6-3-7(9(2,23)11(14,15)16)5-8(4-6)10(24,12(17,18)19)13(20,21)22/h6-8,23-24H,3-5H2,1-2H3/t6-,7?,8?,9?/m0/s1. The van der Waals surface area contributed by atoms with Gasteiger partial charge in [0.05, 0.1) is 0 Å². The summed E-state index contributed by atoms with van der Waals surface area (Å²) in [6.45, 7) is 1.49. The number of hydrogen-bond donors (Lipinski definition) is 2. The zero-order chi connectivity index (χ0) is 19.4. The van der Waals surface area contributed by atoms with Crippen molar-refractivity contribution in [3.63, 3.8) is 0 Å². The Balaban J connectivity index is 3.30. The first kappa shape index (κ1) is 21.3. The van der Waals surface area contributed by atoms with Gasteiger partial charge in [0.2, 0.25) is 0 Å². The molecule has 1 saturated carbocycles. The minimum Gasteiger partial charge on any atom is -0.380 e. The molecule has 11 heteroatoms. The molecule has 0 aromatic rings. The lowest BCUT2D eigenvalue weighted by Crippen LogP contribution is -2.64. The average Bonchev–Trinajstić information content (AvgIpc) is 2.32. The molecule has 1 aliphatic rings. The Hall–Kier alpha value is -0.710. The molecule has 0 amide bonds. The van der Waals surface area contributed by atoms with E-state index in [1.54, 1.807) is 0 Å². The van der Waals surface area contributed by atoms with E-state index in [1.807, 2.05) is 0 Å². The van der Waals surface area contributed by atoms with Crippen molar-refractivity contribution >= 4 is 0 Å². The molecule has 2 nitrogen and oxygen atoms in total. The van der Waals surface area contributed by atoms with Crippen molar-refractivity contribution in [3.05, 3.63) is 0 Å². The van der Waals surface area contributed by atoms with E-state index in [2.05, 4.69) is 0 Å². The molecule has 0 spiro atoms. The van der Waals surface area contributed by atoms with E-state index >= 15 is 0 Å². The molecule has 144 valence electrons. The smallest absolute Gasteiger partial charge is 0.380 e. The van der Waals surface area contributed by atoms with Crippen LogP contribution in [0.5, 0.6) is 0 Å². The van der Waals surface area contributed by atoms with E-state index < -0.39 is 66.7 Å². The third-order valence-corrected chi connectivity index (χ3v) is 4.77. The number of hydrogen-bond acceptors (Lipinski definition) is 2. The summed E-state index contributed by atoms with van der Waals surface area (Å²) in [5, 5.41) is 19.0. The molecule has 1 rings (SSSR count). The summed E-state index contributed by atoms with van der Waals surface area (Å²) in [6, 6.07) is 0. The number of rotatable bonds is 2. The van der Waals surface area contributed by atoms with Crippen molar-refractivity contribution in [2.45, 2.75) is 62.8 Å². The predicted octanol–water partition coefficient (Wildman–Crippen LogP) is 4.21. The van der Waals surface area contributed by atoms with Gasteiger partial charge in [-0.05, 0) is 38.0 Å². The van der Waals surface area contributed by atoms with Gasteiger partial charge in [0.1, 0.15) is 0 Å². The molecule has 0 saturated heterocycles. The number of halogens is 9. The Bertz CT molecular complexity index is 436. The van der Waals surface area contributed by atoms with Crippen LogP contribution in [0.2, 0.25) is 0 Å². The number of aliphatic hydroxyl groups is 2. The second-order valence-corrected chi connectivity index (χ2v) is 6.61. The molecule has 1 fully saturated rings. The van der Waals surface area contributed by atoms with E-state index in [9.17, 15) is 49.7 Å². The van der Waals surface area contributed by atoms with Crippen LogP contribution in [-0.2, 0) is 0 Å². The van der Waals surface area contributed by atoms with Gasteiger partial charge in [0.25, 0.3) is 5.60 Å². The molecule has 0 aromatic carbocycles. The lowest BCUT2D eigenvalue weighted by atomic mass is 9.64. The molecular weight excluding hydrogens is 359 g/mol. The third kappa shape index (κ3) is 3.47. The summed E-state index contributed by atoms with van der Waals surface area (Å²) in [6.07, 6.45) is -19.9. The normalized spacial score (nSPS) is 30.1. The molecule has 0 aliphatic heterocycles. The second kappa shape index (κ2) is 5.93. The maximum atomic E-state index is 12.9. The maximum absolute atomic E-state index is 12.9. The van der Waals surface area contributed by atoms with E-state index in [0.29, 0.717) is 6.92 Å². The summed E-state index contributed by atoms with van der Waals surface area (Å²) in [5.74, 6) is -5.42. The van der Waals surface area contributed by atoms with Crippen LogP contribution >= 0.6 is 0 Å². The highest BCUT2D eigenvalue weighted by molar-refractivity contribution is 5.04. The summed E-state index contributed by atoms with van der Waals surface area (Å²) in [5.41, 5.74) is -8.59. The highest BCUT2D eigenvalue weighted by Gasteiger charge is 2.74. The van der Waals surface area contributed by atoms with Crippen LogP contribution in [0.25, 0.3) is 0 Å². The number of alkyl halides is 9. The van der Waals surface area contributed by atoms with E-state index in [4.69, 9.17) is 0 Å². The zero-order valence-corrected chi connectivity index (χ0v) is 12.6. The van der Waals surface area contributed by atoms with Gasteiger partial charge in [-0.15, -0.1) is 0 Å². The van der Waals surface area contributed by atoms with Crippen LogP contribution in [0, 0.1) is 17.8 Å². The summed E-state index contributed by atoms with van der Waals surface area (Å²) in [7, 11) is 0. The topological polar surface area (TPSA) is 40.5 Å². The minimum absolute atomic E-state index is 0.312. The lowest BCUT2D eigenvalue weighted by molar-refractivity contribution is -0.390. The fraction of sp³-hybridized carbons (Fsp3) is 1.00. The maximum Gasteiger partial charge on any atom is 0.426 e. The first-order chi connectivity index (χ1) is 10.4. The Kier molecular flexibility index (Phi) is 5.27. The van der Waals surface area contributed by atoms with Gasteiger partial charge in [0.15, 0.2) is 5.60 Å². The van der Waals surface area contributed by atoms with E-state index in [0.717, 1.165) is 0 Å². The van der Waals surface area contributed by atoms with Crippen molar-refractivity contribution in [2.75, 3.05) is 0 Å². The fourth-order valence-corrected chi connectivity index (χ4v) is 3.26. The summed E-state index contributed by atoms with van der Waals surface area (Å²) >= 11 is 0. The van der Waals surface area contributed by atoms with Crippen LogP contribution in [0.1, 0.15) is 33.1 Å². The second-order valence-electron chi connectivity index (χ2n) is 6.61. The molecule has 0 bridgehead atoms. The van der Waals surface area contributed by atoms with Crippen LogP contribution in [0.15, 0.2) is 0 Å². The minimum atomic E-state index is -6.11. The van der Waals surface area contributed by atoms with E-state index in [-0.39, 0.29) is 0 Å². The molecule has 2 N–H and O–H groups in total. The van der Waals surface area contributed by atoms with Crippen LogP contribution < -0.4 is 0 Å². The van der Waals surface area contributed by atoms with Crippen LogP contribution in [0.4, 0.5) is 39.5 Å². The van der Waals surface area contributed by atoms with Gasteiger partial charge in [-0.1, -0.05) is 6.92 Å². The van der Waals surface area contributed by atoms with E-state index in [1.165, 1.54) is 6.92 Å². The van der Waals surface area contributed by atoms with Crippen LogP contribution in [-0.4, -0.2) is 39.9 Å². The largest absolute Gasteiger partial charge is 0.426 e. The van der Waals surface area contributed by atoms with Gasteiger partial charge >= 0.3 is 18.5 Å². The molecular formula is C13H17F9O2. The Morgan fingerprint density at radius 3 is 1.38 bits per heavy atom. The van der Waals surface area contributed by atoms with Gasteiger partial charge in [-0.25, -0.2) is 0 Å². The van der Waals surface area contributed by atoms with Gasteiger partial charge < -0.3 is 10.2 Å². The quantitative estimate of drug-likeness (QED) is 0.709. The van der Waals surface area contributed by atoms with Gasteiger partial charge in [-0.3, -0.25) is 0 Å². The lowest BCUT2D eigenvalue weighted by Gasteiger charge is -2.47. The molecule has 24 heavy (non-hydrogen) atoms. The average molecular weight is 376 g/mol. The Morgan fingerprint density at radius 2 is 1.04 bits per heavy atom. The molecule has 3 unspecified atom stereocenters. The molecule has 0 heterocycles. The molecule has 4 atom stereocenters. The van der Waals surface area contributed by atoms with Crippen molar-refractivity contribution in [2.24, 2.45) is 17.8 Å². The van der Waals surface area contributed by atoms with Gasteiger partial charge in [0, 0.05) is 5.92 Å². The van der Waals surface area contributed by atoms with Crippen LogP contribution in [0.3, 0.4) is 0 Å². The van der Waals surface area contributed by atoms with Crippen molar-refractivity contribution < 1.29 is 49.7 Å². The van der Waals surface area contributed by atoms with Crippen molar-refractivity contribution in [3.8, 4) is 0 Å². The predicted molar refractivity (Wildman–Crippen MR) is 63.7 cm³/mol. The Morgan fingerprint density at radius 1 is 0.667 bits per heavy atom. The molecule has 0 radical (unpaired) electrons. The van der Waals surface area contributed by atoms with Gasteiger partial charge in [-0.2, -0.15) is 39.5 Å². The summed E-state index contributed by atoms with van der Waals surface area (Å²) in [4.78, 5) is 0. The monoisotopic (exact) mass is 376 g/mol. The Labute approximate surface area is 131 Å². The highest BCUT2D eigenvalue weighted by atomic mass is 19.4. The van der Waals surface area contributed by atoms with Crippen molar-refractivity contribution in [1.29, 1.82) is 0 Å². The summed E-state index contributed by atoms with van der Waals surface area (Å²) < 4.78 is 116.